The first-order valence-electron chi connectivity index (χ1n) is 30.4. The van der Waals surface area contributed by atoms with Crippen LogP contribution in [0.15, 0.2) is 291 Å². The summed E-state index contributed by atoms with van der Waals surface area (Å²) in [6.45, 7) is 9.94. The van der Waals surface area contributed by atoms with Crippen molar-refractivity contribution in [3.63, 3.8) is 0 Å². The van der Waals surface area contributed by atoms with Crippen molar-refractivity contribution in [1.82, 2.24) is 0 Å². The molecular formula is C86H60. The van der Waals surface area contributed by atoms with E-state index in [1.807, 2.05) is 0 Å². The van der Waals surface area contributed by atoms with Crippen LogP contribution >= 0.6 is 0 Å². The summed E-state index contributed by atoms with van der Waals surface area (Å²) in [6, 6.07) is 110. The zero-order valence-corrected chi connectivity index (χ0v) is 48.7. The van der Waals surface area contributed by atoms with Crippen LogP contribution in [0.1, 0.15) is 49.9 Å². The standard InChI is InChI=1S/C86H60/c1-85(2)79-49-71-73(77-47-67(63-37-29-59(30-38-63)55-21-13-7-14-22-55)43-69-41-65(45-75(71)83(69)77)61-33-25-57(26-34-61)53-17-9-5-10-18-53)51-81(79)86(3,4)82-52-74-72(50-80(82)85)76-46-66(62-35-27-58(28-36-62)54-19-11-6-12-20-54)42-70-44-68(48-78(74)84(70)76)64-39-31-60(32-40-64)56-23-15-8-16-24-56/h5-52H,1-4H3. The van der Waals surface area contributed by atoms with Gasteiger partial charge >= 0.3 is 0 Å². The average Bonchev–Trinajstić information content (AvgIpc) is 1.42. The summed E-state index contributed by atoms with van der Waals surface area (Å²) in [7, 11) is 0. The van der Waals surface area contributed by atoms with E-state index >= 15 is 0 Å². The summed E-state index contributed by atoms with van der Waals surface area (Å²) in [5.41, 5.74) is 35.1. The number of fused-ring (bicyclic) bond motifs is 8. The highest BCUT2D eigenvalue weighted by atomic mass is 14.5. The summed E-state index contributed by atoms with van der Waals surface area (Å²) < 4.78 is 0. The van der Waals surface area contributed by atoms with Gasteiger partial charge in [-0.2, -0.15) is 0 Å². The molecule has 0 heteroatoms. The summed E-state index contributed by atoms with van der Waals surface area (Å²) >= 11 is 0. The molecule has 14 aromatic carbocycles. The Balaban J connectivity index is 0.827. The van der Waals surface area contributed by atoms with E-state index < -0.39 is 0 Å². The van der Waals surface area contributed by atoms with Gasteiger partial charge in [0, 0.05) is 10.8 Å². The van der Waals surface area contributed by atoms with E-state index in [1.54, 1.807) is 0 Å². The average molecular weight is 1090 g/mol. The van der Waals surface area contributed by atoms with Gasteiger partial charge in [0.2, 0.25) is 0 Å². The number of hydrogen-bond donors (Lipinski definition) is 0. The fraction of sp³-hybridized carbons (Fsp3) is 0.0698. The quantitative estimate of drug-likeness (QED) is 0.142. The molecule has 0 aromatic heterocycles. The predicted molar refractivity (Wildman–Crippen MR) is 365 cm³/mol. The SMILES string of the molecule is CC1(C)c2cc3c(cc2C(C)(C)c2cc4c(cc21)-c1cc(-c2ccc(-c5ccccc5)cc2)cc2cc(-c5ccc(-c6ccccc6)cc5)cc-4c12)-c1cc(-c2ccc(-c4ccccc4)cc2)cc2cc(-c4ccc(-c5ccccc5)cc4)cc-3c12. The van der Waals surface area contributed by atoms with E-state index in [-0.39, 0.29) is 10.8 Å². The molecule has 17 rings (SSSR count). The first-order chi connectivity index (χ1) is 42.1. The van der Waals surface area contributed by atoms with Crippen LogP contribution in [0.5, 0.6) is 0 Å². The van der Waals surface area contributed by atoms with Crippen molar-refractivity contribution in [1.29, 1.82) is 0 Å². The molecule has 0 radical (unpaired) electrons. The molecule has 0 atom stereocenters. The van der Waals surface area contributed by atoms with Gasteiger partial charge in [-0.15, -0.1) is 0 Å². The Morgan fingerprint density at radius 1 is 0.163 bits per heavy atom. The van der Waals surface area contributed by atoms with Gasteiger partial charge in [-0.1, -0.05) is 246 Å². The van der Waals surface area contributed by atoms with Crippen LogP contribution in [0.25, 0.3) is 155 Å². The van der Waals surface area contributed by atoms with Crippen LogP contribution in [-0.4, -0.2) is 0 Å². The molecule has 0 nitrogen and oxygen atoms in total. The molecule has 3 aliphatic rings. The second kappa shape index (κ2) is 19.1. The third-order valence-corrected chi connectivity index (χ3v) is 19.6. The molecule has 0 fully saturated rings. The summed E-state index contributed by atoms with van der Waals surface area (Å²) in [5, 5.41) is 5.21. The van der Waals surface area contributed by atoms with Gasteiger partial charge in [-0.25, -0.2) is 0 Å². The lowest BCUT2D eigenvalue weighted by Crippen LogP contribution is -2.36. The smallest absolute Gasteiger partial charge is 0.0153 e. The molecule has 14 aromatic rings. The monoisotopic (exact) mass is 1090 g/mol. The van der Waals surface area contributed by atoms with E-state index in [0.29, 0.717) is 0 Å². The first-order valence-corrected chi connectivity index (χ1v) is 30.4. The molecule has 3 aliphatic carbocycles. The van der Waals surface area contributed by atoms with Crippen LogP contribution in [0.3, 0.4) is 0 Å². The molecule has 0 unspecified atom stereocenters. The zero-order valence-electron chi connectivity index (χ0n) is 48.7. The predicted octanol–water partition coefficient (Wildman–Crippen LogP) is 23.6. The van der Waals surface area contributed by atoms with Gasteiger partial charge in [0.15, 0.2) is 0 Å². The maximum atomic E-state index is 2.61. The maximum Gasteiger partial charge on any atom is 0.0153 e. The fourth-order valence-electron chi connectivity index (χ4n) is 14.9. The van der Waals surface area contributed by atoms with Crippen molar-refractivity contribution in [3.8, 4) is 134 Å². The highest BCUT2D eigenvalue weighted by molar-refractivity contribution is 6.20. The molecule has 0 aliphatic heterocycles. The largest absolute Gasteiger partial charge is 0.0622 e. The number of hydrogen-bond acceptors (Lipinski definition) is 0. The minimum atomic E-state index is -0.320. The fourth-order valence-corrected chi connectivity index (χ4v) is 14.9. The molecule has 0 saturated heterocycles. The molecule has 0 amide bonds. The Kier molecular flexibility index (Phi) is 11.1. The Morgan fingerprint density at radius 2 is 0.337 bits per heavy atom. The van der Waals surface area contributed by atoms with E-state index in [4.69, 9.17) is 0 Å². The Morgan fingerprint density at radius 3 is 0.535 bits per heavy atom. The highest BCUT2D eigenvalue weighted by Gasteiger charge is 2.44. The third-order valence-electron chi connectivity index (χ3n) is 19.6. The van der Waals surface area contributed by atoms with Crippen molar-refractivity contribution in [3.05, 3.63) is 313 Å². The molecule has 0 saturated carbocycles. The Hall–Kier alpha value is -10.4. The molecule has 86 heavy (non-hydrogen) atoms. The summed E-state index contributed by atoms with van der Waals surface area (Å²) in [4.78, 5) is 0. The van der Waals surface area contributed by atoms with Crippen LogP contribution in [0.4, 0.5) is 0 Å². The molecule has 0 N–H and O–H groups in total. The van der Waals surface area contributed by atoms with Gasteiger partial charge in [-0.05, 0) is 250 Å². The lowest BCUT2D eigenvalue weighted by atomic mass is 9.59. The maximum absolute atomic E-state index is 2.61. The zero-order chi connectivity index (χ0) is 57.4. The minimum Gasteiger partial charge on any atom is -0.0622 e. The molecule has 0 bridgehead atoms. The first kappa shape index (κ1) is 50.1. The number of benzene rings is 14. The molecule has 0 heterocycles. The van der Waals surface area contributed by atoms with Crippen molar-refractivity contribution >= 4 is 21.5 Å². The molecular weight excluding hydrogens is 1030 g/mol. The minimum absolute atomic E-state index is 0.320. The van der Waals surface area contributed by atoms with Gasteiger partial charge < -0.3 is 0 Å². The van der Waals surface area contributed by atoms with Gasteiger partial charge in [0.1, 0.15) is 0 Å². The molecule has 0 spiro atoms. The van der Waals surface area contributed by atoms with E-state index in [0.717, 1.165) is 0 Å². The van der Waals surface area contributed by atoms with E-state index in [2.05, 4.69) is 319 Å². The van der Waals surface area contributed by atoms with E-state index in [1.165, 1.54) is 177 Å². The van der Waals surface area contributed by atoms with Crippen molar-refractivity contribution in [2.45, 2.75) is 38.5 Å². The highest BCUT2D eigenvalue weighted by Crippen LogP contribution is 2.60. The normalized spacial score (nSPS) is 13.5. The van der Waals surface area contributed by atoms with Gasteiger partial charge in [-0.3, -0.25) is 0 Å². The van der Waals surface area contributed by atoms with Crippen LogP contribution in [0, 0.1) is 0 Å². The van der Waals surface area contributed by atoms with E-state index in [9.17, 15) is 0 Å². The Labute approximate surface area is 504 Å². The second-order valence-corrected chi connectivity index (χ2v) is 25.2. The van der Waals surface area contributed by atoms with Crippen LogP contribution in [0.2, 0.25) is 0 Å². The van der Waals surface area contributed by atoms with Crippen molar-refractivity contribution < 1.29 is 0 Å². The topological polar surface area (TPSA) is 0 Å². The van der Waals surface area contributed by atoms with Gasteiger partial charge in [0.05, 0.1) is 0 Å². The third kappa shape index (κ3) is 7.90. The Bertz CT molecular complexity index is 4410. The lowest BCUT2D eigenvalue weighted by molar-refractivity contribution is 0.521. The van der Waals surface area contributed by atoms with Crippen LogP contribution in [-0.2, 0) is 10.8 Å². The van der Waals surface area contributed by atoms with Gasteiger partial charge in [0.25, 0.3) is 0 Å². The lowest BCUT2D eigenvalue weighted by Gasteiger charge is -2.44. The summed E-state index contributed by atoms with van der Waals surface area (Å²) in [6.07, 6.45) is 0. The molecule has 404 valence electrons. The van der Waals surface area contributed by atoms with Crippen molar-refractivity contribution in [2.24, 2.45) is 0 Å². The van der Waals surface area contributed by atoms with Crippen molar-refractivity contribution in [2.75, 3.05) is 0 Å². The number of rotatable bonds is 8. The summed E-state index contributed by atoms with van der Waals surface area (Å²) in [5.74, 6) is 0. The second-order valence-electron chi connectivity index (χ2n) is 25.2. The van der Waals surface area contributed by atoms with Crippen LogP contribution < -0.4 is 0 Å².